The Morgan fingerprint density at radius 2 is 2.00 bits per heavy atom. The Labute approximate surface area is 176 Å². The lowest BCUT2D eigenvalue weighted by atomic mass is 10.1. The molecule has 8 heteroatoms. The molecule has 0 bridgehead atoms. The van der Waals surface area contributed by atoms with E-state index >= 15 is 0 Å². The van der Waals surface area contributed by atoms with Crippen molar-refractivity contribution < 1.29 is 14.3 Å². The fourth-order valence-electron chi connectivity index (χ4n) is 3.74. The van der Waals surface area contributed by atoms with Crippen LogP contribution >= 0.6 is 0 Å². The van der Waals surface area contributed by atoms with Crippen molar-refractivity contribution in [3.05, 3.63) is 42.2 Å². The normalized spacial score (nSPS) is 16.7. The SMILES string of the molecule is O=C(NCCCN1CCCC1=O)c1cccc(-c2ccc(N3CCOCC3)nc2)n1. The number of carbonyl (C=O) groups is 2. The third-order valence-electron chi connectivity index (χ3n) is 5.42. The summed E-state index contributed by atoms with van der Waals surface area (Å²) in [6, 6.07) is 9.37. The highest BCUT2D eigenvalue weighted by Gasteiger charge is 2.19. The topological polar surface area (TPSA) is 87.7 Å². The summed E-state index contributed by atoms with van der Waals surface area (Å²) < 4.78 is 5.38. The molecule has 2 fully saturated rings. The van der Waals surface area contributed by atoms with Gasteiger partial charge in [0.2, 0.25) is 5.91 Å². The lowest BCUT2D eigenvalue weighted by molar-refractivity contribution is -0.127. The van der Waals surface area contributed by atoms with Crippen LogP contribution in [0.15, 0.2) is 36.5 Å². The van der Waals surface area contributed by atoms with Crippen molar-refractivity contribution in [2.45, 2.75) is 19.3 Å². The number of morpholine rings is 1. The van der Waals surface area contributed by atoms with Crippen molar-refractivity contribution in [1.82, 2.24) is 20.2 Å². The van der Waals surface area contributed by atoms with E-state index < -0.39 is 0 Å². The maximum atomic E-state index is 12.5. The number of amides is 2. The van der Waals surface area contributed by atoms with Crippen LogP contribution in [0, 0.1) is 0 Å². The van der Waals surface area contributed by atoms with E-state index in [2.05, 4.69) is 20.2 Å². The quantitative estimate of drug-likeness (QED) is 0.701. The lowest BCUT2D eigenvalue weighted by Gasteiger charge is -2.27. The molecule has 4 heterocycles. The summed E-state index contributed by atoms with van der Waals surface area (Å²) in [5, 5.41) is 2.90. The Morgan fingerprint density at radius 1 is 1.13 bits per heavy atom. The molecule has 158 valence electrons. The first-order valence-electron chi connectivity index (χ1n) is 10.5. The number of rotatable bonds is 7. The standard InChI is InChI=1S/C22H27N5O3/c28-21-6-2-10-27(21)11-3-9-23-22(29)19-5-1-4-18(25-19)17-7-8-20(24-16-17)26-12-14-30-15-13-26/h1,4-5,7-8,16H,2-3,6,9-15H2,(H,23,29). The van der Waals surface area contributed by atoms with Gasteiger partial charge in [-0.15, -0.1) is 0 Å². The maximum absolute atomic E-state index is 12.5. The zero-order valence-electron chi connectivity index (χ0n) is 17.0. The van der Waals surface area contributed by atoms with E-state index in [1.165, 1.54) is 0 Å². The molecule has 2 aliphatic rings. The maximum Gasteiger partial charge on any atom is 0.269 e. The Hall–Kier alpha value is -3.00. The third kappa shape index (κ3) is 4.94. The largest absolute Gasteiger partial charge is 0.378 e. The summed E-state index contributed by atoms with van der Waals surface area (Å²) in [6.07, 6.45) is 4.11. The molecule has 0 unspecified atom stereocenters. The number of pyridine rings is 2. The van der Waals surface area contributed by atoms with Crippen molar-refractivity contribution in [3.8, 4) is 11.3 Å². The number of nitrogens with zero attached hydrogens (tertiary/aromatic N) is 4. The second-order valence-electron chi connectivity index (χ2n) is 7.51. The van der Waals surface area contributed by atoms with Crippen molar-refractivity contribution in [3.63, 3.8) is 0 Å². The molecule has 8 nitrogen and oxygen atoms in total. The van der Waals surface area contributed by atoms with E-state index in [4.69, 9.17) is 4.74 Å². The number of anilines is 1. The molecule has 2 aromatic heterocycles. The van der Waals surface area contributed by atoms with Crippen LogP contribution in [0.3, 0.4) is 0 Å². The Balaban J connectivity index is 1.32. The minimum Gasteiger partial charge on any atom is -0.378 e. The Bertz CT molecular complexity index is 881. The molecule has 2 aliphatic heterocycles. The molecule has 30 heavy (non-hydrogen) atoms. The summed E-state index contributed by atoms with van der Waals surface area (Å²) in [6.45, 7) is 5.15. The fourth-order valence-corrected chi connectivity index (χ4v) is 3.74. The Morgan fingerprint density at radius 3 is 2.73 bits per heavy atom. The number of likely N-dealkylation sites (tertiary alicyclic amines) is 1. The van der Waals surface area contributed by atoms with Gasteiger partial charge in [0, 0.05) is 50.9 Å². The number of aromatic nitrogens is 2. The van der Waals surface area contributed by atoms with Gasteiger partial charge in [-0.25, -0.2) is 9.97 Å². The molecule has 0 aromatic carbocycles. The minimum absolute atomic E-state index is 0.206. The summed E-state index contributed by atoms with van der Waals surface area (Å²) in [4.78, 5) is 37.2. The van der Waals surface area contributed by atoms with Gasteiger partial charge in [0.05, 0.1) is 18.9 Å². The molecular weight excluding hydrogens is 382 g/mol. The summed E-state index contributed by atoms with van der Waals surface area (Å²) in [5.74, 6) is 0.930. The van der Waals surface area contributed by atoms with E-state index in [1.54, 1.807) is 12.3 Å². The van der Waals surface area contributed by atoms with Crippen molar-refractivity contribution >= 4 is 17.6 Å². The fraction of sp³-hybridized carbons (Fsp3) is 0.455. The van der Waals surface area contributed by atoms with Crippen molar-refractivity contribution in [1.29, 1.82) is 0 Å². The number of ether oxygens (including phenoxy) is 1. The van der Waals surface area contributed by atoms with Gasteiger partial charge in [-0.05, 0) is 37.1 Å². The first kappa shape index (κ1) is 20.3. The number of hydrogen-bond donors (Lipinski definition) is 1. The second-order valence-corrected chi connectivity index (χ2v) is 7.51. The van der Waals surface area contributed by atoms with E-state index in [-0.39, 0.29) is 11.8 Å². The van der Waals surface area contributed by atoms with Gasteiger partial charge in [-0.3, -0.25) is 9.59 Å². The molecule has 4 rings (SSSR count). The predicted octanol–water partition coefficient (Wildman–Crippen LogP) is 1.72. The molecule has 2 saturated heterocycles. The molecule has 1 N–H and O–H groups in total. The molecule has 0 spiro atoms. The van der Waals surface area contributed by atoms with Crippen molar-refractivity contribution in [2.75, 3.05) is 50.8 Å². The van der Waals surface area contributed by atoms with Gasteiger partial charge in [0.25, 0.3) is 5.91 Å². The van der Waals surface area contributed by atoms with Crippen LogP contribution in [0.25, 0.3) is 11.3 Å². The number of carbonyl (C=O) groups excluding carboxylic acids is 2. The second kappa shape index (κ2) is 9.67. The average Bonchev–Trinajstić information content (AvgIpc) is 3.22. The van der Waals surface area contributed by atoms with E-state index in [0.717, 1.165) is 57.1 Å². The number of hydrogen-bond acceptors (Lipinski definition) is 6. The van der Waals surface area contributed by atoms with Crippen LogP contribution in [0.4, 0.5) is 5.82 Å². The van der Waals surface area contributed by atoms with Gasteiger partial charge in [-0.1, -0.05) is 6.07 Å². The van der Waals surface area contributed by atoms with Crippen LogP contribution in [0.5, 0.6) is 0 Å². The van der Waals surface area contributed by atoms with Crippen molar-refractivity contribution in [2.24, 2.45) is 0 Å². The van der Waals surface area contributed by atoms with Gasteiger partial charge in [-0.2, -0.15) is 0 Å². The number of nitrogens with one attached hydrogen (secondary N) is 1. The monoisotopic (exact) mass is 409 g/mol. The molecule has 0 atom stereocenters. The van der Waals surface area contributed by atoms with E-state index in [9.17, 15) is 9.59 Å². The van der Waals surface area contributed by atoms with Gasteiger partial charge in [0.1, 0.15) is 11.5 Å². The van der Waals surface area contributed by atoms with E-state index in [1.807, 2.05) is 29.2 Å². The lowest BCUT2D eigenvalue weighted by Crippen LogP contribution is -2.36. The molecule has 2 aromatic rings. The molecular formula is C22H27N5O3. The predicted molar refractivity (Wildman–Crippen MR) is 113 cm³/mol. The van der Waals surface area contributed by atoms with Crippen LogP contribution < -0.4 is 10.2 Å². The zero-order valence-corrected chi connectivity index (χ0v) is 17.0. The van der Waals surface area contributed by atoms with Crippen LogP contribution in [0.2, 0.25) is 0 Å². The van der Waals surface area contributed by atoms with Crippen LogP contribution in [-0.2, 0) is 9.53 Å². The highest BCUT2D eigenvalue weighted by atomic mass is 16.5. The molecule has 0 aliphatic carbocycles. The third-order valence-corrected chi connectivity index (χ3v) is 5.42. The van der Waals surface area contributed by atoms with Gasteiger partial charge in [0.15, 0.2) is 0 Å². The highest BCUT2D eigenvalue weighted by Crippen LogP contribution is 2.20. The molecule has 0 saturated carbocycles. The minimum atomic E-state index is -0.206. The first-order valence-corrected chi connectivity index (χ1v) is 10.5. The van der Waals surface area contributed by atoms with E-state index in [0.29, 0.717) is 30.9 Å². The summed E-state index contributed by atoms with van der Waals surface area (Å²) >= 11 is 0. The van der Waals surface area contributed by atoms with Gasteiger partial charge >= 0.3 is 0 Å². The molecule has 2 amide bonds. The molecule has 0 radical (unpaired) electrons. The van der Waals surface area contributed by atoms with Crippen LogP contribution in [-0.4, -0.2) is 72.6 Å². The summed E-state index contributed by atoms with van der Waals surface area (Å²) in [7, 11) is 0. The summed E-state index contributed by atoms with van der Waals surface area (Å²) in [5.41, 5.74) is 1.96. The smallest absolute Gasteiger partial charge is 0.269 e. The zero-order chi connectivity index (χ0) is 20.8. The average molecular weight is 409 g/mol. The van der Waals surface area contributed by atoms with Gasteiger partial charge < -0.3 is 19.9 Å². The first-order chi connectivity index (χ1) is 14.7. The van der Waals surface area contributed by atoms with Crippen LogP contribution in [0.1, 0.15) is 29.8 Å². The highest BCUT2D eigenvalue weighted by molar-refractivity contribution is 5.92. The Kier molecular flexibility index (Phi) is 6.53.